The minimum Gasteiger partial charge on any atom is -0.455 e. The summed E-state index contributed by atoms with van der Waals surface area (Å²) in [5, 5.41) is 13.8. The Morgan fingerprint density at radius 3 is 2.46 bits per heavy atom. The molecule has 0 unspecified atom stereocenters. The number of esters is 1. The highest BCUT2D eigenvalue weighted by Crippen LogP contribution is 2.45. The lowest BCUT2D eigenvalue weighted by molar-refractivity contribution is -0.384. The minimum absolute atomic E-state index is 0.177. The Bertz CT molecular complexity index is 928. The molecule has 3 rings (SSSR count). The van der Waals surface area contributed by atoms with Gasteiger partial charge in [0.05, 0.1) is 16.4 Å². The van der Waals surface area contributed by atoms with Crippen LogP contribution >= 0.6 is 11.6 Å². The molecule has 0 atom stereocenters. The van der Waals surface area contributed by atoms with Crippen LogP contribution in [-0.4, -0.2) is 23.4 Å². The summed E-state index contributed by atoms with van der Waals surface area (Å²) in [7, 11) is 0. The molecule has 2 aromatic carbocycles. The lowest BCUT2D eigenvalue weighted by Crippen LogP contribution is -2.44. The van der Waals surface area contributed by atoms with Gasteiger partial charge in [0.2, 0.25) is 0 Å². The van der Waals surface area contributed by atoms with Crippen molar-refractivity contribution in [2.45, 2.75) is 24.7 Å². The maximum Gasteiger partial charge on any atom is 0.317 e. The molecule has 1 aliphatic rings. The third kappa shape index (κ3) is 3.96. The van der Waals surface area contributed by atoms with E-state index in [2.05, 4.69) is 5.32 Å². The van der Waals surface area contributed by atoms with Crippen molar-refractivity contribution < 1.29 is 23.6 Å². The van der Waals surface area contributed by atoms with Gasteiger partial charge in [-0.3, -0.25) is 19.7 Å². The average molecular weight is 407 g/mol. The van der Waals surface area contributed by atoms with Crippen LogP contribution in [0.3, 0.4) is 0 Å². The number of ether oxygens (including phenoxy) is 1. The number of carbonyl (C=O) groups excluding carboxylic acids is 2. The highest BCUT2D eigenvalue weighted by molar-refractivity contribution is 6.30. The van der Waals surface area contributed by atoms with Gasteiger partial charge in [0, 0.05) is 5.02 Å². The van der Waals surface area contributed by atoms with Crippen LogP contribution in [0.25, 0.3) is 0 Å². The van der Waals surface area contributed by atoms with E-state index in [1.807, 2.05) is 0 Å². The fourth-order valence-electron chi connectivity index (χ4n) is 3.13. The molecule has 0 heterocycles. The van der Waals surface area contributed by atoms with Crippen LogP contribution < -0.4 is 5.32 Å². The van der Waals surface area contributed by atoms with Crippen LogP contribution in [-0.2, 0) is 19.7 Å². The number of nitro groups is 1. The number of halogens is 2. The van der Waals surface area contributed by atoms with Crippen molar-refractivity contribution in [1.29, 1.82) is 0 Å². The second kappa shape index (κ2) is 7.93. The van der Waals surface area contributed by atoms with Crippen molar-refractivity contribution in [3.8, 4) is 0 Å². The number of amides is 1. The summed E-state index contributed by atoms with van der Waals surface area (Å²) in [5.74, 6) is -2.09. The molecule has 1 N–H and O–H groups in total. The van der Waals surface area contributed by atoms with Crippen LogP contribution in [0, 0.1) is 15.9 Å². The second-order valence-corrected chi connectivity index (χ2v) is 6.92. The van der Waals surface area contributed by atoms with Gasteiger partial charge in [0.15, 0.2) is 6.61 Å². The molecule has 2 aromatic rings. The smallest absolute Gasteiger partial charge is 0.317 e. The predicted molar refractivity (Wildman–Crippen MR) is 99.6 cm³/mol. The van der Waals surface area contributed by atoms with E-state index in [0.717, 1.165) is 24.1 Å². The maximum atomic E-state index is 13.2. The summed E-state index contributed by atoms with van der Waals surface area (Å²) in [6.07, 6.45) is 2.04. The first-order chi connectivity index (χ1) is 13.3. The Morgan fingerprint density at radius 1 is 1.21 bits per heavy atom. The molecular formula is C19H16ClFN2O5. The van der Waals surface area contributed by atoms with Crippen molar-refractivity contribution in [1.82, 2.24) is 0 Å². The van der Waals surface area contributed by atoms with Crippen LogP contribution in [0.4, 0.5) is 15.8 Å². The standard InChI is InChI=1S/C19H16ClFN2O5/c20-13-4-2-12(3-5-13)19(8-1-9-19)18(25)28-11-17(24)22-15-7-6-14(21)10-16(15)23(26)27/h2-7,10H,1,8-9,11H2,(H,22,24). The molecular weight excluding hydrogens is 391 g/mol. The first-order valence-corrected chi connectivity index (χ1v) is 8.87. The van der Waals surface area contributed by atoms with E-state index < -0.39 is 40.3 Å². The van der Waals surface area contributed by atoms with Gasteiger partial charge in [-0.2, -0.15) is 0 Å². The third-order valence-corrected chi connectivity index (χ3v) is 5.01. The Hall–Kier alpha value is -3.00. The summed E-state index contributed by atoms with van der Waals surface area (Å²) in [4.78, 5) is 34.8. The Kier molecular flexibility index (Phi) is 5.60. The molecule has 146 valence electrons. The zero-order chi connectivity index (χ0) is 20.3. The lowest BCUT2D eigenvalue weighted by atomic mass is 9.64. The molecule has 0 aliphatic heterocycles. The van der Waals surface area contributed by atoms with E-state index in [1.165, 1.54) is 0 Å². The first kappa shape index (κ1) is 19.8. The molecule has 1 saturated carbocycles. The number of carbonyl (C=O) groups is 2. The monoisotopic (exact) mass is 406 g/mol. The van der Waals surface area contributed by atoms with E-state index in [1.54, 1.807) is 24.3 Å². The normalized spacial score (nSPS) is 14.6. The van der Waals surface area contributed by atoms with E-state index in [-0.39, 0.29) is 5.69 Å². The first-order valence-electron chi connectivity index (χ1n) is 8.49. The van der Waals surface area contributed by atoms with E-state index in [0.29, 0.717) is 23.9 Å². The molecule has 0 aromatic heterocycles. The maximum absolute atomic E-state index is 13.2. The molecule has 7 nitrogen and oxygen atoms in total. The SMILES string of the molecule is O=C(COC(=O)C1(c2ccc(Cl)cc2)CCC1)Nc1ccc(F)cc1[N+](=O)[O-]. The number of nitrogens with zero attached hydrogens (tertiary/aromatic N) is 1. The van der Waals surface area contributed by atoms with Crippen LogP contribution in [0.2, 0.25) is 5.02 Å². The molecule has 1 fully saturated rings. The summed E-state index contributed by atoms with van der Waals surface area (Å²) in [6, 6.07) is 9.64. The van der Waals surface area contributed by atoms with Gasteiger partial charge in [-0.15, -0.1) is 0 Å². The van der Waals surface area contributed by atoms with Gasteiger partial charge >= 0.3 is 5.97 Å². The number of nitrogens with one attached hydrogen (secondary N) is 1. The number of hydrogen-bond acceptors (Lipinski definition) is 5. The molecule has 28 heavy (non-hydrogen) atoms. The molecule has 0 radical (unpaired) electrons. The van der Waals surface area contributed by atoms with Gasteiger partial charge in [0.1, 0.15) is 11.5 Å². The fraction of sp³-hybridized carbons (Fsp3) is 0.263. The predicted octanol–water partition coefficient (Wildman–Crippen LogP) is 3.99. The lowest BCUT2D eigenvalue weighted by Gasteiger charge is -2.39. The fourth-order valence-corrected chi connectivity index (χ4v) is 3.25. The van der Waals surface area contributed by atoms with E-state index >= 15 is 0 Å². The van der Waals surface area contributed by atoms with Crippen LogP contribution in [0.1, 0.15) is 24.8 Å². The number of rotatable bonds is 6. The van der Waals surface area contributed by atoms with Gasteiger partial charge in [-0.1, -0.05) is 30.2 Å². The van der Waals surface area contributed by atoms with Gasteiger partial charge < -0.3 is 10.1 Å². The zero-order valence-corrected chi connectivity index (χ0v) is 15.4. The topological polar surface area (TPSA) is 98.5 Å². The summed E-state index contributed by atoms with van der Waals surface area (Å²) in [6.45, 7) is -0.608. The van der Waals surface area contributed by atoms with Crippen molar-refractivity contribution >= 4 is 34.9 Å². The molecule has 0 bridgehead atoms. The molecule has 1 aliphatic carbocycles. The molecule has 0 spiro atoms. The largest absolute Gasteiger partial charge is 0.455 e. The van der Waals surface area contributed by atoms with Crippen LogP contribution in [0.5, 0.6) is 0 Å². The Morgan fingerprint density at radius 2 is 1.89 bits per heavy atom. The van der Waals surface area contributed by atoms with Crippen molar-refractivity contribution in [2.24, 2.45) is 0 Å². The van der Waals surface area contributed by atoms with Crippen molar-refractivity contribution in [3.63, 3.8) is 0 Å². The highest BCUT2D eigenvalue weighted by atomic mass is 35.5. The van der Waals surface area contributed by atoms with Crippen molar-refractivity contribution in [3.05, 3.63) is 69.0 Å². The van der Waals surface area contributed by atoms with Gasteiger partial charge in [-0.25, -0.2) is 4.39 Å². The number of anilines is 1. The Labute approximate surface area is 164 Å². The number of benzene rings is 2. The Balaban J connectivity index is 1.65. The average Bonchev–Trinajstić information content (AvgIpc) is 2.62. The third-order valence-electron chi connectivity index (χ3n) is 4.76. The quantitative estimate of drug-likeness (QED) is 0.444. The summed E-state index contributed by atoms with van der Waals surface area (Å²) in [5.41, 5.74) is -0.810. The highest BCUT2D eigenvalue weighted by Gasteiger charge is 2.47. The van der Waals surface area contributed by atoms with E-state index in [9.17, 15) is 24.1 Å². The van der Waals surface area contributed by atoms with Crippen LogP contribution in [0.15, 0.2) is 42.5 Å². The number of nitro benzene ring substituents is 1. The molecule has 9 heteroatoms. The van der Waals surface area contributed by atoms with Gasteiger partial charge in [-0.05, 0) is 42.7 Å². The second-order valence-electron chi connectivity index (χ2n) is 6.49. The molecule has 0 saturated heterocycles. The zero-order valence-electron chi connectivity index (χ0n) is 14.6. The van der Waals surface area contributed by atoms with Gasteiger partial charge in [0.25, 0.3) is 11.6 Å². The van der Waals surface area contributed by atoms with Crippen molar-refractivity contribution in [2.75, 3.05) is 11.9 Å². The minimum atomic E-state index is -0.813. The summed E-state index contributed by atoms with van der Waals surface area (Å²) < 4.78 is 18.3. The molecule has 1 amide bonds. The number of hydrogen-bond donors (Lipinski definition) is 1. The summed E-state index contributed by atoms with van der Waals surface area (Å²) >= 11 is 5.89. The van der Waals surface area contributed by atoms with E-state index in [4.69, 9.17) is 16.3 Å².